The highest BCUT2D eigenvalue weighted by Gasteiger charge is 2.08. The second kappa shape index (κ2) is 5.46. The average Bonchev–Trinajstić information content (AvgIpc) is 2.33. The summed E-state index contributed by atoms with van der Waals surface area (Å²) in [6, 6.07) is 15.1. The molecule has 0 aliphatic heterocycles. The number of rotatable bonds is 3. The van der Waals surface area contributed by atoms with Crippen LogP contribution in [0.25, 0.3) is 0 Å². The van der Waals surface area contributed by atoms with Gasteiger partial charge in [0.15, 0.2) is 0 Å². The third-order valence-electron chi connectivity index (χ3n) is 2.77. The van der Waals surface area contributed by atoms with Crippen LogP contribution < -0.4 is 0 Å². The molecule has 0 aliphatic carbocycles. The van der Waals surface area contributed by atoms with E-state index in [1.807, 2.05) is 12.1 Å². The van der Waals surface area contributed by atoms with E-state index in [9.17, 15) is 4.39 Å². The third kappa shape index (κ3) is 3.40. The van der Waals surface area contributed by atoms with Crippen molar-refractivity contribution in [3.8, 4) is 0 Å². The van der Waals surface area contributed by atoms with Gasteiger partial charge in [-0.2, -0.15) is 0 Å². The Balaban J connectivity index is 2.08. The van der Waals surface area contributed by atoms with Crippen LogP contribution in [0.2, 0.25) is 0 Å². The van der Waals surface area contributed by atoms with E-state index in [2.05, 4.69) is 47.1 Å². The molecular formula is C15H14BrF. The van der Waals surface area contributed by atoms with Gasteiger partial charge in [0.2, 0.25) is 0 Å². The summed E-state index contributed by atoms with van der Waals surface area (Å²) in [6.45, 7) is 2.08. The van der Waals surface area contributed by atoms with E-state index in [0.29, 0.717) is 0 Å². The maximum Gasteiger partial charge on any atom is 0.123 e. The minimum Gasteiger partial charge on any atom is -0.207 e. The smallest absolute Gasteiger partial charge is 0.123 e. The van der Waals surface area contributed by atoms with Gasteiger partial charge in [0.25, 0.3) is 0 Å². The molecule has 88 valence electrons. The fourth-order valence-corrected chi connectivity index (χ4v) is 2.40. The summed E-state index contributed by atoms with van der Waals surface area (Å²) in [4.78, 5) is 0.272. The fraction of sp³-hybridized carbons (Fsp3) is 0.200. The Morgan fingerprint density at radius 2 is 1.59 bits per heavy atom. The van der Waals surface area contributed by atoms with Crippen molar-refractivity contribution in [1.29, 1.82) is 0 Å². The lowest BCUT2D eigenvalue weighted by Crippen LogP contribution is -1.95. The van der Waals surface area contributed by atoms with Crippen LogP contribution in [-0.4, -0.2) is 0 Å². The van der Waals surface area contributed by atoms with E-state index in [1.165, 1.54) is 23.3 Å². The Morgan fingerprint density at radius 3 is 2.18 bits per heavy atom. The molecule has 0 fully saturated rings. The Kier molecular flexibility index (Phi) is 3.95. The Hall–Kier alpha value is -1.15. The number of aryl methyl sites for hydroxylation is 1. The van der Waals surface area contributed by atoms with Gasteiger partial charge in [-0.3, -0.25) is 0 Å². The standard InChI is InChI=1S/C15H14BrF/c1-11-2-6-13(7-3-11)15(16)10-12-4-8-14(17)9-5-12/h2-9,15H,10H2,1H3. The highest BCUT2D eigenvalue weighted by Crippen LogP contribution is 2.27. The van der Waals surface area contributed by atoms with Gasteiger partial charge in [0, 0.05) is 4.83 Å². The van der Waals surface area contributed by atoms with Crippen molar-refractivity contribution in [2.24, 2.45) is 0 Å². The molecule has 2 heteroatoms. The molecule has 0 radical (unpaired) electrons. The molecule has 2 aromatic carbocycles. The molecule has 0 saturated carbocycles. The molecule has 0 N–H and O–H groups in total. The first-order valence-electron chi connectivity index (χ1n) is 5.60. The van der Waals surface area contributed by atoms with Crippen molar-refractivity contribution < 1.29 is 4.39 Å². The zero-order valence-electron chi connectivity index (χ0n) is 9.66. The molecule has 1 atom stereocenters. The van der Waals surface area contributed by atoms with Crippen molar-refractivity contribution in [3.63, 3.8) is 0 Å². The predicted octanol–water partition coefficient (Wildman–Crippen LogP) is 4.81. The van der Waals surface area contributed by atoms with E-state index >= 15 is 0 Å². The first-order chi connectivity index (χ1) is 8.15. The van der Waals surface area contributed by atoms with E-state index in [-0.39, 0.29) is 10.6 Å². The number of halogens is 2. The highest BCUT2D eigenvalue weighted by molar-refractivity contribution is 9.09. The summed E-state index contributed by atoms with van der Waals surface area (Å²) in [5, 5.41) is 0. The zero-order valence-corrected chi connectivity index (χ0v) is 11.2. The van der Waals surface area contributed by atoms with E-state index < -0.39 is 0 Å². The number of benzene rings is 2. The minimum absolute atomic E-state index is 0.185. The summed E-state index contributed by atoms with van der Waals surface area (Å²) in [7, 11) is 0. The number of hydrogen-bond acceptors (Lipinski definition) is 0. The monoisotopic (exact) mass is 292 g/mol. The molecule has 0 spiro atoms. The fourth-order valence-electron chi connectivity index (χ4n) is 1.72. The van der Waals surface area contributed by atoms with Crippen molar-refractivity contribution in [3.05, 3.63) is 71.0 Å². The molecule has 0 heterocycles. The summed E-state index contributed by atoms with van der Waals surface area (Å²) < 4.78 is 12.8. The molecule has 0 aliphatic rings. The van der Waals surface area contributed by atoms with Crippen molar-refractivity contribution >= 4 is 15.9 Å². The van der Waals surface area contributed by atoms with Crippen LogP contribution in [0.5, 0.6) is 0 Å². The molecule has 0 bridgehead atoms. The molecule has 0 aromatic heterocycles. The van der Waals surface area contributed by atoms with Gasteiger partial charge in [-0.15, -0.1) is 0 Å². The molecule has 0 nitrogen and oxygen atoms in total. The second-order valence-electron chi connectivity index (χ2n) is 4.21. The Labute approximate surface area is 110 Å². The summed E-state index contributed by atoms with van der Waals surface area (Å²) in [6.07, 6.45) is 0.864. The molecule has 2 aromatic rings. The maximum absolute atomic E-state index is 12.8. The van der Waals surface area contributed by atoms with Gasteiger partial charge in [0.1, 0.15) is 5.82 Å². The summed E-state index contributed by atoms with van der Waals surface area (Å²) in [5.41, 5.74) is 3.64. The molecule has 0 saturated heterocycles. The van der Waals surface area contributed by atoms with Gasteiger partial charge >= 0.3 is 0 Å². The van der Waals surface area contributed by atoms with Crippen LogP contribution in [-0.2, 0) is 6.42 Å². The maximum atomic E-state index is 12.8. The van der Waals surface area contributed by atoms with E-state index in [0.717, 1.165) is 12.0 Å². The normalized spacial score (nSPS) is 12.4. The van der Waals surface area contributed by atoms with E-state index in [1.54, 1.807) is 0 Å². The van der Waals surface area contributed by atoms with Crippen LogP contribution in [0.15, 0.2) is 48.5 Å². The zero-order chi connectivity index (χ0) is 12.3. The minimum atomic E-state index is -0.185. The highest BCUT2D eigenvalue weighted by atomic mass is 79.9. The Bertz CT molecular complexity index is 473. The number of hydrogen-bond donors (Lipinski definition) is 0. The average molecular weight is 293 g/mol. The predicted molar refractivity (Wildman–Crippen MR) is 73.0 cm³/mol. The molecule has 1 unspecified atom stereocenters. The summed E-state index contributed by atoms with van der Waals surface area (Å²) in [5.74, 6) is -0.185. The van der Waals surface area contributed by atoms with Crippen LogP contribution >= 0.6 is 15.9 Å². The van der Waals surface area contributed by atoms with Crippen LogP contribution in [0, 0.1) is 12.7 Å². The first-order valence-corrected chi connectivity index (χ1v) is 6.52. The molecule has 2 rings (SSSR count). The molecule has 17 heavy (non-hydrogen) atoms. The van der Waals surface area contributed by atoms with Gasteiger partial charge in [0.05, 0.1) is 0 Å². The second-order valence-corrected chi connectivity index (χ2v) is 5.31. The lowest BCUT2D eigenvalue weighted by Gasteiger charge is -2.10. The summed E-state index contributed by atoms with van der Waals surface area (Å²) >= 11 is 3.67. The lowest BCUT2D eigenvalue weighted by molar-refractivity contribution is 0.627. The van der Waals surface area contributed by atoms with Crippen molar-refractivity contribution in [2.45, 2.75) is 18.2 Å². The molecule has 0 amide bonds. The van der Waals surface area contributed by atoms with Gasteiger partial charge in [-0.1, -0.05) is 57.9 Å². The lowest BCUT2D eigenvalue weighted by atomic mass is 10.0. The topological polar surface area (TPSA) is 0 Å². The van der Waals surface area contributed by atoms with Gasteiger partial charge < -0.3 is 0 Å². The largest absolute Gasteiger partial charge is 0.207 e. The first kappa shape index (κ1) is 12.3. The quantitative estimate of drug-likeness (QED) is 0.712. The SMILES string of the molecule is Cc1ccc(C(Br)Cc2ccc(F)cc2)cc1. The van der Waals surface area contributed by atoms with Crippen molar-refractivity contribution in [1.82, 2.24) is 0 Å². The molecular weight excluding hydrogens is 279 g/mol. The Morgan fingerprint density at radius 1 is 1.00 bits per heavy atom. The van der Waals surface area contributed by atoms with E-state index in [4.69, 9.17) is 0 Å². The van der Waals surface area contributed by atoms with Crippen molar-refractivity contribution in [2.75, 3.05) is 0 Å². The number of alkyl halides is 1. The van der Waals surface area contributed by atoms with Crippen LogP contribution in [0.4, 0.5) is 4.39 Å². The van der Waals surface area contributed by atoms with Gasteiger partial charge in [-0.05, 0) is 36.6 Å². The van der Waals surface area contributed by atoms with Crippen LogP contribution in [0.3, 0.4) is 0 Å². The van der Waals surface area contributed by atoms with Gasteiger partial charge in [-0.25, -0.2) is 4.39 Å². The third-order valence-corrected chi connectivity index (χ3v) is 3.62. The van der Waals surface area contributed by atoms with Crippen LogP contribution in [0.1, 0.15) is 21.5 Å².